The molecule has 1 aliphatic rings. The minimum atomic E-state index is -1.21. The van der Waals surface area contributed by atoms with E-state index in [-0.39, 0.29) is 16.3 Å². The largest absolute Gasteiger partial charge is 0.478 e. The summed E-state index contributed by atoms with van der Waals surface area (Å²) in [5.74, 6) is -0.697. The molecule has 0 aliphatic heterocycles. The van der Waals surface area contributed by atoms with Crippen LogP contribution in [0.2, 0.25) is 5.02 Å². The van der Waals surface area contributed by atoms with Crippen molar-refractivity contribution in [2.75, 3.05) is 18.5 Å². The number of benzene rings is 1. The first kappa shape index (κ1) is 15.6. The van der Waals surface area contributed by atoms with Crippen LogP contribution in [0.3, 0.4) is 0 Å². The monoisotopic (exact) mass is 312 g/mol. The van der Waals surface area contributed by atoms with E-state index >= 15 is 0 Å². The van der Waals surface area contributed by atoms with E-state index in [1.165, 1.54) is 18.9 Å². The molecule has 0 spiro atoms. The minimum Gasteiger partial charge on any atom is -0.478 e. The fourth-order valence-corrected chi connectivity index (χ4v) is 3.27. The van der Waals surface area contributed by atoms with Gasteiger partial charge in [-0.2, -0.15) is 0 Å². The molecule has 21 heavy (non-hydrogen) atoms. The van der Waals surface area contributed by atoms with Crippen molar-refractivity contribution in [3.8, 4) is 0 Å². The maximum Gasteiger partial charge on any atom is 0.338 e. The van der Waals surface area contributed by atoms with E-state index in [9.17, 15) is 20.0 Å². The number of rotatable bonds is 5. The third-order valence-electron chi connectivity index (χ3n) is 3.88. The fraction of sp³-hybridized carbons (Fsp3) is 0.500. The lowest BCUT2D eigenvalue weighted by Crippen LogP contribution is -2.26. The van der Waals surface area contributed by atoms with Gasteiger partial charge in [-0.3, -0.25) is 10.1 Å². The molecule has 1 aliphatic carbocycles. The van der Waals surface area contributed by atoms with E-state index in [0.717, 1.165) is 18.9 Å². The maximum atomic E-state index is 11.4. The Balaban J connectivity index is 2.36. The topological polar surface area (TPSA) is 83.7 Å². The van der Waals surface area contributed by atoms with Crippen LogP contribution in [0.25, 0.3) is 0 Å². The van der Waals surface area contributed by atoms with E-state index in [1.54, 1.807) is 11.9 Å². The van der Waals surface area contributed by atoms with E-state index in [1.807, 2.05) is 0 Å². The highest BCUT2D eigenvalue weighted by molar-refractivity contribution is 6.34. The Morgan fingerprint density at radius 1 is 1.48 bits per heavy atom. The molecule has 114 valence electrons. The van der Waals surface area contributed by atoms with Crippen molar-refractivity contribution >= 4 is 28.9 Å². The van der Waals surface area contributed by atoms with Crippen LogP contribution in [-0.2, 0) is 0 Å². The van der Waals surface area contributed by atoms with Crippen LogP contribution in [0.1, 0.15) is 36.0 Å². The summed E-state index contributed by atoms with van der Waals surface area (Å²) in [5.41, 5.74) is -0.0909. The highest BCUT2D eigenvalue weighted by Gasteiger charge is 2.25. The first-order valence-electron chi connectivity index (χ1n) is 6.82. The third kappa shape index (κ3) is 3.44. The molecule has 0 heterocycles. The van der Waals surface area contributed by atoms with Gasteiger partial charge < -0.3 is 10.0 Å². The molecule has 0 amide bonds. The van der Waals surface area contributed by atoms with Crippen molar-refractivity contribution in [2.24, 2.45) is 5.92 Å². The normalized spacial score (nSPS) is 15.1. The van der Waals surface area contributed by atoms with Crippen LogP contribution in [0.4, 0.5) is 11.4 Å². The average molecular weight is 313 g/mol. The number of halogens is 1. The van der Waals surface area contributed by atoms with Crippen molar-refractivity contribution in [1.29, 1.82) is 0 Å². The van der Waals surface area contributed by atoms with Gasteiger partial charge in [0.05, 0.1) is 21.2 Å². The number of aromatic carboxylic acids is 1. The number of nitrogens with zero attached hydrogens (tertiary/aromatic N) is 2. The summed E-state index contributed by atoms with van der Waals surface area (Å²) in [4.78, 5) is 23.4. The predicted octanol–water partition coefficient (Wildman–Crippen LogP) is 3.57. The molecule has 1 aromatic carbocycles. The zero-order valence-electron chi connectivity index (χ0n) is 11.7. The summed E-state index contributed by atoms with van der Waals surface area (Å²) in [7, 11) is 1.78. The van der Waals surface area contributed by atoms with E-state index in [4.69, 9.17) is 11.6 Å². The zero-order valence-corrected chi connectivity index (χ0v) is 12.5. The first-order chi connectivity index (χ1) is 9.90. The summed E-state index contributed by atoms with van der Waals surface area (Å²) in [6.07, 6.45) is 4.63. The molecule has 0 unspecified atom stereocenters. The molecule has 0 radical (unpaired) electrons. The Bertz CT molecular complexity index is 570. The molecule has 0 atom stereocenters. The lowest BCUT2D eigenvalue weighted by atomic mass is 10.1. The van der Waals surface area contributed by atoms with Crippen molar-refractivity contribution in [3.05, 3.63) is 32.8 Å². The second-order valence-electron chi connectivity index (χ2n) is 5.42. The molecule has 6 nitrogen and oxygen atoms in total. The Kier molecular flexibility index (Phi) is 4.67. The lowest BCUT2D eigenvalue weighted by Gasteiger charge is -2.25. The summed E-state index contributed by atoms with van der Waals surface area (Å²) in [5, 5.41) is 20.2. The van der Waals surface area contributed by atoms with Crippen LogP contribution in [0.15, 0.2) is 12.1 Å². The Labute approximate surface area is 127 Å². The molecular formula is C14H17ClN2O4. The Morgan fingerprint density at radius 2 is 2.10 bits per heavy atom. The minimum absolute atomic E-state index is 0.0992. The molecule has 1 fully saturated rings. The van der Waals surface area contributed by atoms with Crippen molar-refractivity contribution in [2.45, 2.75) is 25.7 Å². The van der Waals surface area contributed by atoms with E-state index in [2.05, 4.69) is 0 Å². The van der Waals surface area contributed by atoms with Gasteiger partial charge in [0.1, 0.15) is 0 Å². The molecule has 0 saturated heterocycles. The van der Waals surface area contributed by atoms with Crippen LogP contribution in [0.5, 0.6) is 0 Å². The standard InChI is InChI=1S/C14H17ClN2O4/c1-16(8-9-4-2-3-5-9)13-11(14(18)19)6-10(17(20)21)7-12(13)15/h6-7,9H,2-5,8H2,1H3,(H,18,19). The number of carbonyl (C=O) groups is 1. The highest BCUT2D eigenvalue weighted by atomic mass is 35.5. The smallest absolute Gasteiger partial charge is 0.338 e. The number of non-ortho nitro benzene ring substituents is 1. The zero-order chi connectivity index (χ0) is 15.6. The maximum absolute atomic E-state index is 11.4. The van der Waals surface area contributed by atoms with Gasteiger partial charge in [0.15, 0.2) is 0 Å². The summed E-state index contributed by atoms with van der Waals surface area (Å²) in [6, 6.07) is 2.27. The van der Waals surface area contributed by atoms with Gasteiger partial charge in [0, 0.05) is 25.7 Å². The fourth-order valence-electron chi connectivity index (χ4n) is 2.91. The molecule has 1 N–H and O–H groups in total. The van der Waals surface area contributed by atoms with Gasteiger partial charge in [0.2, 0.25) is 0 Å². The number of nitro groups is 1. The van der Waals surface area contributed by atoms with Gasteiger partial charge in [-0.1, -0.05) is 24.4 Å². The number of carboxylic acid groups (broad SMARTS) is 1. The Hall–Kier alpha value is -1.82. The Morgan fingerprint density at radius 3 is 2.62 bits per heavy atom. The average Bonchev–Trinajstić information content (AvgIpc) is 2.90. The van der Waals surface area contributed by atoms with Crippen LogP contribution in [0, 0.1) is 16.0 Å². The molecule has 0 bridgehead atoms. The molecule has 1 saturated carbocycles. The van der Waals surface area contributed by atoms with E-state index in [0.29, 0.717) is 18.2 Å². The van der Waals surface area contributed by atoms with Crippen molar-refractivity contribution in [3.63, 3.8) is 0 Å². The van der Waals surface area contributed by atoms with Crippen LogP contribution in [-0.4, -0.2) is 29.6 Å². The van der Waals surface area contributed by atoms with Gasteiger partial charge in [-0.25, -0.2) is 4.79 Å². The number of anilines is 1. The van der Waals surface area contributed by atoms with Crippen LogP contribution < -0.4 is 4.90 Å². The second kappa shape index (κ2) is 6.30. The van der Waals surface area contributed by atoms with Gasteiger partial charge in [-0.15, -0.1) is 0 Å². The summed E-state index contributed by atoms with van der Waals surface area (Å²) >= 11 is 6.09. The quantitative estimate of drug-likeness (QED) is 0.663. The number of hydrogen-bond donors (Lipinski definition) is 1. The van der Waals surface area contributed by atoms with Gasteiger partial charge >= 0.3 is 5.97 Å². The highest BCUT2D eigenvalue weighted by Crippen LogP contribution is 2.35. The molecule has 0 aromatic heterocycles. The predicted molar refractivity (Wildman–Crippen MR) is 80.3 cm³/mol. The van der Waals surface area contributed by atoms with E-state index < -0.39 is 10.9 Å². The third-order valence-corrected chi connectivity index (χ3v) is 4.17. The molecule has 2 rings (SSSR count). The van der Waals surface area contributed by atoms with Crippen LogP contribution >= 0.6 is 11.6 Å². The number of hydrogen-bond acceptors (Lipinski definition) is 4. The summed E-state index contributed by atoms with van der Waals surface area (Å²) in [6.45, 7) is 0.706. The second-order valence-corrected chi connectivity index (χ2v) is 5.82. The number of nitro benzene ring substituents is 1. The first-order valence-corrected chi connectivity index (χ1v) is 7.20. The molecule has 1 aromatic rings. The molecule has 7 heteroatoms. The SMILES string of the molecule is CN(CC1CCCC1)c1c(Cl)cc([N+](=O)[O-])cc1C(=O)O. The number of carboxylic acids is 1. The summed E-state index contributed by atoms with van der Waals surface area (Å²) < 4.78 is 0. The van der Waals surface area contributed by atoms with Gasteiger partial charge in [-0.05, 0) is 18.8 Å². The van der Waals surface area contributed by atoms with Crippen molar-refractivity contribution in [1.82, 2.24) is 0 Å². The lowest BCUT2D eigenvalue weighted by molar-refractivity contribution is -0.384. The molecular weight excluding hydrogens is 296 g/mol. The van der Waals surface area contributed by atoms with Crippen molar-refractivity contribution < 1.29 is 14.8 Å². The van der Waals surface area contributed by atoms with Gasteiger partial charge in [0.25, 0.3) is 5.69 Å².